The van der Waals surface area contributed by atoms with Gasteiger partial charge in [-0.25, -0.2) is 13.2 Å². The van der Waals surface area contributed by atoms with Crippen molar-refractivity contribution in [3.8, 4) is 34.5 Å². The van der Waals surface area contributed by atoms with Crippen LogP contribution in [0.25, 0.3) is 0 Å². The number of nitrogens with zero attached hydrogens (tertiary/aromatic N) is 3. The van der Waals surface area contributed by atoms with Gasteiger partial charge in [-0.15, -0.1) is 0 Å². The van der Waals surface area contributed by atoms with E-state index in [1.807, 2.05) is 0 Å². The smallest absolute Gasteiger partial charge is 0.413 e. The zero-order chi connectivity index (χ0) is 35.2. The van der Waals surface area contributed by atoms with Crippen LogP contribution in [-0.2, 0) is 0 Å². The molecule has 0 aromatic heterocycles. The van der Waals surface area contributed by atoms with E-state index in [0.717, 1.165) is 0 Å². The molecule has 0 saturated carbocycles. The van der Waals surface area contributed by atoms with Gasteiger partial charge in [-0.3, -0.25) is 0 Å². The van der Waals surface area contributed by atoms with Gasteiger partial charge >= 0.3 is 23.0 Å². The molecule has 51 heavy (non-hydrogen) atoms. The molecule has 0 fully saturated rings. The summed E-state index contributed by atoms with van der Waals surface area (Å²) in [6, 6.07) is 41.5. The number of para-hydroxylation sites is 3. The van der Waals surface area contributed by atoms with Crippen LogP contribution in [0.1, 0.15) is 0 Å². The van der Waals surface area contributed by atoms with Gasteiger partial charge in [-0.1, -0.05) is 68.1 Å². The molecule has 258 valence electrons. The van der Waals surface area contributed by atoms with Gasteiger partial charge in [0.1, 0.15) is 51.9 Å². The maximum atomic E-state index is 14.1. The van der Waals surface area contributed by atoms with Crippen LogP contribution in [0.4, 0.5) is 13.2 Å². The second-order valence-corrected chi connectivity index (χ2v) is 16.8. The van der Waals surface area contributed by atoms with E-state index in [-0.39, 0.29) is 17.2 Å². The lowest BCUT2D eigenvalue weighted by Crippen LogP contribution is -2.11. The van der Waals surface area contributed by atoms with Crippen LogP contribution in [0, 0.1) is 17.5 Å². The van der Waals surface area contributed by atoms with Gasteiger partial charge in [0.15, 0.2) is 0 Å². The van der Waals surface area contributed by atoms with Gasteiger partial charge in [-0.2, -0.15) is 0 Å². The Hall–Kier alpha value is -5.40. The minimum absolute atomic E-state index is 0.134. The molecule has 0 N–H and O–H groups in total. The van der Waals surface area contributed by atoms with E-state index in [0.29, 0.717) is 17.2 Å². The normalized spacial score (nSPS) is 20.8. The molecule has 0 saturated heterocycles. The van der Waals surface area contributed by atoms with Crippen LogP contribution in [0.2, 0.25) is 0 Å². The molecular formula is C36H27F3N3O6P3. The standard InChI is InChI=1S/C36H27F3N3O6P3/c37-28-16-22-34(23-17-28)46-49(43-31-10-4-1-5-11-31)40-50(44-32-12-6-2-7-13-32,47-35-24-18-29(38)19-25-35)42-51(41-49,45-33-14-8-3-9-15-33)48-36-26-20-30(39)21-27-36/h1-27H. The van der Waals surface area contributed by atoms with Crippen LogP contribution in [0.3, 0.4) is 0 Å². The van der Waals surface area contributed by atoms with Crippen LogP contribution in [0.5, 0.6) is 34.5 Å². The van der Waals surface area contributed by atoms with E-state index in [4.69, 9.17) is 40.7 Å². The molecule has 1 aliphatic rings. The average molecular weight is 748 g/mol. The highest BCUT2D eigenvalue weighted by Crippen LogP contribution is 2.78. The summed E-state index contributed by atoms with van der Waals surface area (Å²) in [4.78, 5) is 0. The van der Waals surface area contributed by atoms with Crippen molar-refractivity contribution in [1.82, 2.24) is 0 Å². The van der Waals surface area contributed by atoms with Crippen molar-refractivity contribution in [3.05, 3.63) is 181 Å². The zero-order valence-electron chi connectivity index (χ0n) is 26.4. The fourth-order valence-electron chi connectivity index (χ4n) is 4.51. The second kappa shape index (κ2) is 14.8. The molecule has 6 aromatic carbocycles. The second-order valence-electron chi connectivity index (χ2n) is 10.6. The van der Waals surface area contributed by atoms with Gasteiger partial charge in [-0.05, 0) is 109 Å². The lowest BCUT2D eigenvalue weighted by molar-refractivity contribution is 0.442. The van der Waals surface area contributed by atoms with Crippen molar-refractivity contribution >= 4 is 23.0 Å². The molecule has 0 aliphatic carbocycles. The topological polar surface area (TPSA) is 92.5 Å². The van der Waals surface area contributed by atoms with E-state index in [2.05, 4.69) is 0 Å². The van der Waals surface area contributed by atoms with Crippen molar-refractivity contribution in [2.75, 3.05) is 0 Å². The first-order valence-electron chi connectivity index (χ1n) is 15.3. The largest absolute Gasteiger partial charge is 0.460 e. The Morgan fingerprint density at radius 2 is 0.471 bits per heavy atom. The quantitative estimate of drug-likeness (QED) is 0.116. The summed E-state index contributed by atoms with van der Waals surface area (Å²) in [5, 5.41) is 0. The first-order valence-corrected chi connectivity index (χ1v) is 19.9. The lowest BCUT2D eigenvalue weighted by atomic mass is 10.3. The van der Waals surface area contributed by atoms with Crippen molar-refractivity contribution in [3.63, 3.8) is 0 Å². The van der Waals surface area contributed by atoms with Gasteiger partial charge in [0.25, 0.3) is 0 Å². The van der Waals surface area contributed by atoms with E-state index in [9.17, 15) is 13.2 Å². The minimum Gasteiger partial charge on any atom is -0.413 e. The summed E-state index contributed by atoms with van der Waals surface area (Å²) in [7, 11) is -12.5. The summed E-state index contributed by atoms with van der Waals surface area (Å²) in [6.07, 6.45) is 0. The maximum absolute atomic E-state index is 14.1. The minimum atomic E-state index is -4.17. The Bertz CT molecular complexity index is 1990. The third-order valence-corrected chi connectivity index (χ3v) is 14.8. The Morgan fingerprint density at radius 1 is 0.275 bits per heavy atom. The molecule has 7 rings (SSSR count). The molecular weight excluding hydrogens is 720 g/mol. The summed E-state index contributed by atoms with van der Waals surface area (Å²) >= 11 is 0. The molecule has 6 aromatic rings. The number of halogens is 3. The third-order valence-electron chi connectivity index (χ3n) is 6.69. The summed E-state index contributed by atoms with van der Waals surface area (Å²) in [5.74, 6) is -0.237. The molecule has 0 spiro atoms. The van der Waals surface area contributed by atoms with Crippen LogP contribution >= 0.6 is 23.0 Å². The van der Waals surface area contributed by atoms with E-state index < -0.39 is 40.4 Å². The highest BCUT2D eigenvalue weighted by molar-refractivity contribution is 7.79. The first kappa shape index (κ1) is 34.1. The highest BCUT2D eigenvalue weighted by Gasteiger charge is 2.49. The maximum Gasteiger partial charge on any atom is 0.460 e. The molecule has 15 heteroatoms. The van der Waals surface area contributed by atoms with Crippen molar-refractivity contribution in [2.24, 2.45) is 13.5 Å². The number of hydrogen-bond acceptors (Lipinski definition) is 9. The van der Waals surface area contributed by atoms with Crippen molar-refractivity contribution in [1.29, 1.82) is 0 Å². The Labute approximate surface area is 292 Å². The monoisotopic (exact) mass is 747 g/mol. The Kier molecular flexibility index (Phi) is 9.91. The van der Waals surface area contributed by atoms with Crippen LogP contribution in [-0.4, -0.2) is 0 Å². The van der Waals surface area contributed by atoms with E-state index >= 15 is 0 Å². The molecule has 0 bridgehead atoms. The summed E-state index contributed by atoms with van der Waals surface area (Å²) in [5.41, 5.74) is 0. The van der Waals surface area contributed by atoms with Crippen LogP contribution in [0.15, 0.2) is 177 Å². The van der Waals surface area contributed by atoms with Crippen molar-refractivity contribution in [2.45, 2.75) is 0 Å². The van der Waals surface area contributed by atoms with Crippen LogP contribution < -0.4 is 27.1 Å². The van der Waals surface area contributed by atoms with Gasteiger partial charge in [0, 0.05) is 0 Å². The fourth-order valence-corrected chi connectivity index (χ4v) is 13.6. The molecule has 9 nitrogen and oxygen atoms in total. The lowest BCUT2D eigenvalue weighted by Gasteiger charge is -2.33. The van der Waals surface area contributed by atoms with Gasteiger partial charge in [0.2, 0.25) is 0 Å². The summed E-state index contributed by atoms with van der Waals surface area (Å²) in [6.45, 7) is 0. The first-order chi connectivity index (χ1) is 24.8. The average Bonchev–Trinajstić information content (AvgIpc) is 3.12. The predicted octanol–water partition coefficient (Wildman–Crippen LogP) is 12.7. The molecule has 0 amide bonds. The molecule has 1 aliphatic heterocycles. The Balaban J connectivity index is 1.56. The van der Waals surface area contributed by atoms with E-state index in [1.165, 1.54) is 72.8 Å². The third kappa shape index (κ3) is 8.67. The molecule has 0 radical (unpaired) electrons. The Morgan fingerprint density at radius 3 is 0.686 bits per heavy atom. The number of hydrogen-bond donors (Lipinski definition) is 0. The molecule has 0 unspecified atom stereocenters. The predicted molar refractivity (Wildman–Crippen MR) is 190 cm³/mol. The van der Waals surface area contributed by atoms with E-state index in [1.54, 1.807) is 91.0 Å². The fraction of sp³-hybridized carbons (Fsp3) is 0. The van der Waals surface area contributed by atoms with Crippen molar-refractivity contribution < 1.29 is 40.3 Å². The SMILES string of the molecule is Fc1ccc(OP2(Oc3ccccc3)=NP(Oc3ccccc3)(Oc3ccc(F)cc3)=NP(Oc3ccccc3)(Oc3ccc(F)cc3)=N2)cc1. The highest BCUT2D eigenvalue weighted by atomic mass is 31.3. The molecule has 0 atom stereocenters. The number of benzene rings is 6. The molecule has 1 heterocycles. The van der Waals surface area contributed by atoms with Gasteiger partial charge < -0.3 is 27.1 Å². The van der Waals surface area contributed by atoms with Gasteiger partial charge in [0.05, 0.1) is 0 Å². The number of rotatable bonds is 12. The summed E-state index contributed by atoms with van der Waals surface area (Å²) < 4.78 is 96.7. The zero-order valence-corrected chi connectivity index (χ0v) is 29.0.